The number of hydrogen-bond acceptors (Lipinski definition) is 4. The molecule has 0 saturated heterocycles. The lowest BCUT2D eigenvalue weighted by Crippen LogP contribution is -2.06. The smallest absolute Gasteiger partial charge is 0.339 e. The van der Waals surface area contributed by atoms with Crippen molar-refractivity contribution >= 4 is 28.4 Å². The normalized spacial score (nSPS) is 10.6. The molecule has 22 heavy (non-hydrogen) atoms. The third-order valence-electron chi connectivity index (χ3n) is 3.35. The third-order valence-corrected chi connectivity index (χ3v) is 3.35. The van der Waals surface area contributed by atoms with E-state index in [1.165, 1.54) is 18.3 Å². The van der Waals surface area contributed by atoms with Crippen LogP contribution in [0, 0.1) is 6.92 Å². The van der Waals surface area contributed by atoms with Gasteiger partial charge in [0.05, 0.1) is 0 Å². The van der Waals surface area contributed by atoms with Crippen molar-refractivity contribution in [3.8, 4) is 0 Å². The van der Waals surface area contributed by atoms with Crippen molar-refractivity contribution in [2.45, 2.75) is 6.92 Å². The van der Waals surface area contributed by atoms with Crippen molar-refractivity contribution in [2.24, 2.45) is 0 Å². The Balaban J connectivity index is 2.05. The van der Waals surface area contributed by atoms with Crippen molar-refractivity contribution in [2.75, 3.05) is 5.32 Å². The predicted molar refractivity (Wildman–Crippen MR) is 83.8 cm³/mol. The average Bonchev–Trinajstić information content (AvgIpc) is 2.48. The topological polar surface area (TPSA) is 95.1 Å². The number of pyridine rings is 2. The number of carboxylic acids is 1. The van der Waals surface area contributed by atoms with Crippen molar-refractivity contribution in [1.29, 1.82) is 0 Å². The highest BCUT2D eigenvalue weighted by Crippen LogP contribution is 2.23. The van der Waals surface area contributed by atoms with Crippen LogP contribution < -0.4 is 10.9 Å². The number of aryl methyl sites for hydroxylation is 1. The number of H-pyrrole nitrogens is 1. The average molecular weight is 295 g/mol. The predicted octanol–water partition coefficient (Wildman–Crippen LogP) is 2.67. The number of rotatable bonds is 3. The summed E-state index contributed by atoms with van der Waals surface area (Å²) in [6.07, 6.45) is 1.53. The molecule has 3 N–H and O–H groups in total. The fraction of sp³-hybridized carbons (Fsp3) is 0.0625. The monoisotopic (exact) mass is 295 g/mol. The van der Waals surface area contributed by atoms with E-state index in [0.29, 0.717) is 5.69 Å². The minimum absolute atomic E-state index is 0.0980. The van der Waals surface area contributed by atoms with Crippen LogP contribution in [0.1, 0.15) is 15.9 Å². The molecule has 0 amide bonds. The van der Waals surface area contributed by atoms with Crippen LogP contribution in [0.25, 0.3) is 10.9 Å². The molecule has 0 radical (unpaired) electrons. The SMILES string of the molecule is Cc1cc(=O)[nH]c2ccc(Nc3ncccc3C(=O)O)cc12. The molecular weight excluding hydrogens is 282 g/mol. The van der Waals surface area contributed by atoms with Crippen molar-refractivity contribution in [1.82, 2.24) is 9.97 Å². The minimum Gasteiger partial charge on any atom is -0.478 e. The molecule has 0 saturated carbocycles. The molecular formula is C16H13N3O3. The minimum atomic E-state index is -1.04. The summed E-state index contributed by atoms with van der Waals surface area (Å²) in [5.74, 6) is -0.770. The molecule has 6 heteroatoms. The van der Waals surface area contributed by atoms with Crippen LogP contribution in [-0.4, -0.2) is 21.0 Å². The van der Waals surface area contributed by atoms with Crippen molar-refractivity contribution in [3.05, 3.63) is 64.1 Å². The highest BCUT2D eigenvalue weighted by atomic mass is 16.4. The molecule has 2 heterocycles. The summed E-state index contributed by atoms with van der Waals surface area (Å²) >= 11 is 0. The van der Waals surface area contributed by atoms with Crippen molar-refractivity contribution < 1.29 is 9.90 Å². The highest BCUT2D eigenvalue weighted by Gasteiger charge is 2.11. The van der Waals surface area contributed by atoms with Crippen LogP contribution in [0.5, 0.6) is 0 Å². The van der Waals surface area contributed by atoms with Gasteiger partial charge >= 0.3 is 5.97 Å². The second-order valence-electron chi connectivity index (χ2n) is 4.91. The van der Waals surface area contributed by atoms with E-state index in [4.69, 9.17) is 0 Å². The Morgan fingerprint density at radius 1 is 1.27 bits per heavy atom. The van der Waals surface area contributed by atoms with Gasteiger partial charge in [-0.05, 0) is 42.8 Å². The fourth-order valence-corrected chi connectivity index (χ4v) is 2.31. The molecule has 6 nitrogen and oxygen atoms in total. The van der Waals surface area contributed by atoms with Crippen LogP contribution in [-0.2, 0) is 0 Å². The molecule has 0 atom stereocenters. The summed E-state index contributed by atoms with van der Waals surface area (Å²) in [7, 11) is 0. The maximum absolute atomic E-state index is 11.5. The summed E-state index contributed by atoms with van der Waals surface area (Å²) in [4.78, 5) is 29.5. The first-order valence-electron chi connectivity index (χ1n) is 6.63. The van der Waals surface area contributed by atoms with Crippen LogP contribution in [0.4, 0.5) is 11.5 Å². The molecule has 3 aromatic rings. The quantitative estimate of drug-likeness (QED) is 0.690. The van der Waals surface area contributed by atoms with E-state index in [0.717, 1.165) is 16.5 Å². The second kappa shape index (κ2) is 5.33. The zero-order valence-corrected chi connectivity index (χ0v) is 11.8. The number of aromatic nitrogens is 2. The van der Waals surface area contributed by atoms with Gasteiger partial charge in [0.1, 0.15) is 11.4 Å². The van der Waals surface area contributed by atoms with Gasteiger partial charge in [-0.3, -0.25) is 4.79 Å². The van der Waals surface area contributed by atoms with E-state index in [2.05, 4.69) is 15.3 Å². The largest absolute Gasteiger partial charge is 0.478 e. The summed E-state index contributed by atoms with van der Waals surface area (Å²) in [6, 6.07) is 9.97. The molecule has 0 fully saturated rings. The Morgan fingerprint density at radius 2 is 2.09 bits per heavy atom. The summed E-state index contributed by atoms with van der Waals surface area (Å²) in [6.45, 7) is 1.85. The number of carbonyl (C=O) groups is 1. The van der Waals surface area contributed by atoms with E-state index in [-0.39, 0.29) is 16.9 Å². The lowest BCUT2D eigenvalue weighted by Gasteiger charge is -2.10. The van der Waals surface area contributed by atoms with Gasteiger partial charge < -0.3 is 15.4 Å². The summed E-state index contributed by atoms with van der Waals surface area (Å²) in [5, 5.41) is 13.1. The Hall–Kier alpha value is -3.15. The third kappa shape index (κ3) is 2.54. The number of hydrogen-bond donors (Lipinski definition) is 3. The maximum Gasteiger partial charge on any atom is 0.339 e. The first-order chi connectivity index (χ1) is 10.5. The molecule has 2 aromatic heterocycles. The van der Waals surface area contributed by atoms with E-state index in [1.54, 1.807) is 18.2 Å². The molecule has 0 aliphatic heterocycles. The molecule has 1 aromatic carbocycles. The number of aromatic amines is 1. The van der Waals surface area contributed by atoms with E-state index in [1.807, 2.05) is 13.0 Å². The number of nitrogens with one attached hydrogen (secondary N) is 2. The summed E-state index contributed by atoms with van der Waals surface area (Å²) < 4.78 is 0. The van der Waals surface area contributed by atoms with Gasteiger partial charge in [-0.1, -0.05) is 0 Å². The Morgan fingerprint density at radius 3 is 2.86 bits per heavy atom. The standard InChI is InChI=1S/C16H13N3O3/c1-9-7-14(20)19-13-5-4-10(8-12(9)13)18-15-11(16(21)22)3-2-6-17-15/h2-8H,1H3,(H,17,18)(H,19,20)(H,21,22). The van der Waals surface area contributed by atoms with E-state index >= 15 is 0 Å². The van der Waals surface area contributed by atoms with Gasteiger partial charge in [-0.15, -0.1) is 0 Å². The highest BCUT2D eigenvalue weighted by molar-refractivity contribution is 5.94. The zero-order chi connectivity index (χ0) is 15.7. The van der Waals surface area contributed by atoms with Crippen LogP contribution in [0.2, 0.25) is 0 Å². The number of carboxylic acid groups (broad SMARTS) is 1. The first-order valence-corrected chi connectivity index (χ1v) is 6.63. The molecule has 0 aliphatic carbocycles. The summed E-state index contributed by atoms with van der Waals surface area (Å²) in [5.41, 5.74) is 2.23. The van der Waals surface area contributed by atoms with Gasteiger partial charge in [0, 0.05) is 28.9 Å². The number of nitrogens with zero attached hydrogens (tertiary/aromatic N) is 1. The molecule has 0 spiro atoms. The Labute approximate surface area is 125 Å². The maximum atomic E-state index is 11.5. The fourth-order valence-electron chi connectivity index (χ4n) is 2.31. The molecule has 0 bridgehead atoms. The lowest BCUT2D eigenvalue weighted by atomic mass is 10.1. The van der Waals surface area contributed by atoms with Gasteiger partial charge in [0.25, 0.3) is 0 Å². The van der Waals surface area contributed by atoms with Gasteiger partial charge in [0.2, 0.25) is 5.56 Å². The zero-order valence-electron chi connectivity index (χ0n) is 11.8. The molecule has 0 unspecified atom stereocenters. The van der Waals surface area contributed by atoms with E-state index < -0.39 is 5.97 Å². The molecule has 0 aliphatic rings. The van der Waals surface area contributed by atoms with Gasteiger partial charge in [-0.2, -0.15) is 0 Å². The number of aromatic carboxylic acids is 1. The lowest BCUT2D eigenvalue weighted by molar-refractivity contribution is 0.0697. The molecule has 110 valence electrons. The Kier molecular flexibility index (Phi) is 3.34. The first kappa shape index (κ1) is 13.8. The number of fused-ring (bicyclic) bond motifs is 1. The van der Waals surface area contributed by atoms with Gasteiger partial charge in [0.15, 0.2) is 0 Å². The Bertz CT molecular complexity index is 931. The number of anilines is 2. The molecule has 3 rings (SSSR count). The van der Waals surface area contributed by atoms with Gasteiger partial charge in [-0.25, -0.2) is 9.78 Å². The van der Waals surface area contributed by atoms with E-state index in [9.17, 15) is 14.7 Å². The van der Waals surface area contributed by atoms with Crippen LogP contribution in [0.15, 0.2) is 47.4 Å². The second-order valence-corrected chi connectivity index (χ2v) is 4.91. The number of benzene rings is 1. The van der Waals surface area contributed by atoms with Crippen LogP contribution in [0.3, 0.4) is 0 Å². The van der Waals surface area contributed by atoms with Crippen molar-refractivity contribution in [3.63, 3.8) is 0 Å². The van der Waals surface area contributed by atoms with Crippen LogP contribution >= 0.6 is 0 Å².